The maximum absolute atomic E-state index is 13.1. The van der Waals surface area contributed by atoms with Gasteiger partial charge < -0.3 is 4.90 Å². The monoisotopic (exact) mass is 390 g/mol. The van der Waals surface area contributed by atoms with Gasteiger partial charge in [0.2, 0.25) is 5.91 Å². The van der Waals surface area contributed by atoms with Crippen molar-refractivity contribution in [2.45, 2.75) is 31.7 Å². The Morgan fingerprint density at radius 1 is 1.18 bits per heavy atom. The van der Waals surface area contributed by atoms with Gasteiger partial charge in [-0.05, 0) is 54.9 Å². The molecule has 142 valence electrons. The molecule has 28 heavy (non-hydrogen) atoms. The lowest BCUT2D eigenvalue weighted by Gasteiger charge is -2.31. The normalized spacial score (nSPS) is 32.6. The summed E-state index contributed by atoms with van der Waals surface area (Å²) in [4.78, 5) is 19.5. The molecule has 5 unspecified atom stereocenters. The summed E-state index contributed by atoms with van der Waals surface area (Å²) in [6, 6.07) is 10.6. The van der Waals surface area contributed by atoms with E-state index in [1.54, 1.807) is 11.8 Å². The number of hydrogen-bond acceptors (Lipinski definition) is 2. The van der Waals surface area contributed by atoms with E-state index in [0.717, 1.165) is 52.9 Å². The van der Waals surface area contributed by atoms with Crippen molar-refractivity contribution < 1.29 is 4.79 Å². The second kappa shape index (κ2) is 6.18. The van der Waals surface area contributed by atoms with Crippen molar-refractivity contribution in [2.75, 3.05) is 6.54 Å². The predicted molar refractivity (Wildman–Crippen MR) is 110 cm³/mol. The number of halogens is 1. The Hall–Kier alpha value is -2.13. The van der Waals surface area contributed by atoms with Crippen LogP contribution in [0.2, 0.25) is 5.02 Å². The third-order valence-corrected chi connectivity index (χ3v) is 7.77. The van der Waals surface area contributed by atoms with Crippen LogP contribution in [0.4, 0.5) is 0 Å². The van der Waals surface area contributed by atoms with Crippen molar-refractivity contribution >= 4 is 17.5 Å². The molecule has 3 nitrogen and oxygen atoms in total. The van der Waals surface area contributed by atoms with E-state index < -0.39 is 0 Å². The van der Waals surface area contributed by atoms with Crippen molar-refractivity contribution in [1.82, 2.24) is 9.88 Å². The van der Waals surface area contributed by atoms with Gasteiger partial charge in [0, 0.05) is 53.3 Å². The molecule has 3 aliphatic carbocycles. The van der Waals surface area contributed by atoms with Crippen LogP contribution in [0.5, 0.6) is 0 Å². The van der Waals surface area contributed by atoms with Crippen LogP contribution in [0.3, 0.4) is 0 Å². The molecular formula is C24H23ClN2O. The third-order valence-electron chi connectivity index (χ3n) is 7.41. The molecule has 2 saturated carbocycles. The summed E-state index contributed by atoms with van der Waals surface area (Å²) < 4.78 is 0. The number of amides is 1. The molecule has 1 amide bonds. The average Bonchev–Trinajstić information content (AvgIpc) is 3.15. The first-order valence-corrected chi connectivity index (χ1v) is 10.8. The first-order valence-electron chi connectivity index (χ1n) is 10.4. The predicted octanol–water partition coefficient (Wildman–Crippen LogP) is 4.76. The second-order valence-corrected chi connectivity index (χ2v) is 9.27. The van der Waals surface area contributed by atoms with Crippen LogP contribution >= 0.6 is 11.6 Å². The van der Waals surface area contributed by atoms with Gasteiger partial charge >= 0.3 is 0 Å². The molecule has 2 heterocycles. The molecule has 0 N–H and O–H groups in total. The molecule has 1 aromatic carbocycles. The highest BCUT2D eigenvalue weighted by Crippen LogP contribution is 2.62. The van der Waals surface area contributed by atoms with Gasteiger partial charge in [0.15, 0.2) is 0 Å². The standard InChI is InChI=1S/C24H23ClN2O/c25-22-10-14(17-2-1-6-26-13-17)3-4-15(22)8-16-5-7-27(24(16)28)23-11-18-9-21(23)20-12-19(18)20/h1-4,6,10,12-13,16,18-19,21,23H,5,7-9,11H2. The Labute approximate surface area is 170 Å². The fraction of sp³-hybridized carbons (Fsp3) is 0.417. The van der Waals surface area contributed by atoms with Crippen LogP contribution in [-0.4, -0.2) is 28.4 Å². The summed E-state index contributed by atoms with van der Waals surface area (Å²) in [5.41, 5.74) is 4.86. The van der Waals surface area contributed by atoms with Crippen molar-refractivity contribution in [1.29, 1.82) is 0 Å². The first kappa shape index (κ1) is 16.8. The molecule has 4 aliphatic rings. The fourth-order valence-electron chi connectivity index (χ4n) is 5.96. The zero-order chi connectivity index (χ0) is 18.8. The molecule has 1 saturated heterocycles. The number of nitrogens with zero attached hydrogens (tertiary/aromatic N) is 2. The molecule has 6 rings (SSSR count). The summed E-state index contributed by atoms with van der Waals surface area (Å²) >= 11 is 6.59. The van der Waals surface area contributed by atoms with E-state index in [1.165, 1.54) is 12.8 Å². The van der Waals surface area contributed by atoms with Crippen molar-refractivity contribution in [2.24, 2.45) is 23.7 Å². The Morgan fingerprint density at radius 2 is 2.11 bits per heavy atom. The highest BCUT2D eigenvalue weighted by Gasteiger charge is 2.57. The van der Waals surface area contributed by atoms with Gasteiger partial charge in [-0.15, -0.1) is 0 Å². The number of benzene rings is 1. The zero-order valence-electron chi connectivity index (χ0n) is 15.7. The topological polar surface area (TPSA) is 33.2 Å². The Morgan fingerprint density at radius 3 is 2.86 bits per heavy atom. The quantitative estimate of drug-likeness (QED) is 0.705. The van der Waals surface area contributed by atoms with Gasteiger partial charge in [-0.2, -0.15) is 0 Å². The molecule has 1 aliphatic heterocycles. The maximum atomic E-state index is 13.1. The number of allylic oxidation sites excluding steroid dienone is 1. The number of pyridine rings is 1. The lowest BCUT2D eigenvalue weighted by Crippen LogP contribution is -2.41. The number of carbonyl (C=O) groups excluding carboxylic acids is 1. The molecule has 2 bridgehead atoms. The van der Waals surface area contributed by atoms with Gasteiger partial charge in [0.25, 0.3) is 0 Å². The van der Waals surface area contributed by atoms with Crippen LogP contribution in [0.15, 0.2) is 54.4 Å². The maximum Gasteiger partial charge on any atom is 0.226 e. The van der Waals surface area contributed by atoms with Crippen molar-refractivity contribution in [3.8, 4) is 11.1 Å². The van der Waals surface area contributed by atoms with E-state index in [0.29, 0.717) is 17.9 Å². The minimum Gasteiger partial charge on any atom is -0.339 e. The van der Waals surface area contributed by atoms with E-state index in [4.69, 9.17) is 11.6 Å². The summed E-state index contributed by atoms with van der Waals surface area (Å²) in [5.74, 6) is 2.73. The Balaban J connectivity index is 1.17. The van der Waals surface area contributed by atoms with Gasteiger partial charge in [-0.25, -0.2) is 0 Å². The SMILES string of the molecule is O=C1C(Cc2ccc(-c3cccnc3)cc2Cl)CCN1C1CC2CC1C1=CC12. The molecule has 0 spiro atoms. The number of aromatic nitrogens is 1. The molecule has 4 heteroatoms. The van der Waals surface area contributed by atoms with Gasteiger partial charge in [-0.1, -0.05) is 41.4 Å². The first-order chi connectivity index (χ1) is 13.7. The van der Waals surface area contributed by atoms with E-state index in [-0.39, 0.29) is 5.92 Å². The van der Waals surface area contributed by atoms with E-state index in [2.05, 4.69) is 28.1 Å². The van der Waals surface area contributed by atoms with Gasteiger partial charge in [0.1, 0.15) is 0 Å². The van der Waals surface area contributed by atoms with E-state index in [9.17, 15) is 4.79 Å². The molecule has 5 atom stereocenters. The lowest BCUT2D eigenvalue weighted by atomic mass is 9.93. The van der Waals surface area contributed by atoms with Gasteiger partial charge in [0.05, 0.1) is 0 Å². The minimum atomic E-state index is 0.0739. The van der Waals surface area contributed by atoms with Crippen LogP contribution < -0.4 is 0 Å². The third kappa shape index (κ3) is 2.56. The molecule has 3 fully saturated rings. The lowest BCUT2D eigenvalue weighted by molar-refractivity contribution is -0.133. The Kier molecular flexibility index (Phi) is 3.71. The zero-order valence-corrected chi connectivity index (χ0v) is 16.5. The number of rotatable bonds is 4. The fourth-order valence-corrected chi connectivity index (χ4v) is 6.22. The molecule has 0 radical (unpaired) electrons. The van der Waals surface area contributed by atoms with E-state index >= 15 is 0 Å². The number of likely N-dealkylation sites (tertiary alicyclic amines) is 1. The van der Waals surface area contributed by atoms with Crippen molar-refractivity contribution in [3.05, 3.63) is 65.0 Å². The summed E-state index contributed by atoms with van der Waals surface area (Å²) in [6.45, 7) is 0.917. The average molecular weight is 391 g/mol. The summed E-state index contributed by atoms with van der Waals surface area (Å²) in [6.07, 6.45) is 10.3. The highest BCUT2D eigenvalue weighted by atomic mass is 35.5. The summed E-state index contributed by atoms with van der Waals surface area (Å²) in [5, 5.41) is 0.749. The van der Waals surface area contributed by atoms with E-state index in [1.807, 2.05) is 24.4 Å². The molecule has 2 aromatic rings. The van der Waals surface area contributed by atoms with Gasteiger partial charge in [-0.3, -0.25) is 9.78 Å². The molecular weight excluding hydrogens is 368 g/mol. The number of fused-ring (bicyclic) bond motifs is 5. The molecule has 1 aromatic heterocycles. The largest absolute Gasteiger partial charge is 0.339 e. The van der Waals surface area contributed by atoms with Crippen LogP contribution in [-0.2, 0) is 11.2 Å². The van der Waals surface area contributed by atoms with Crippen LogP contribution in [0.1, 0.15) is 24.8 Å². The number of carbonyl (C=O) groups is 1. The summed E-state index contributed by atoms with van der Waals surface area (Å²) in [7, 11) is 0. The van der Waals surface area contributed by atoms with Crippen LogP contribution in [0.25, 0.3) is 11.1 Å². The Bertz CT molecular complexity index is 985. The van der Waals surface area contributed by atoms with Crippen molar-refractivity contribution in [3.63, 3.8) is 0 Å². The minimum absolute atomic E-state index is 0.0739. The highest BCUT2D eigenvalue weighted by molar-refractivity contribution is 6.31. The second-order valence-electron chi connectivity index (χ2n) is 8.87. The number of hydrogen-bond donors (Lipinski definition) is 0. The van der Waals surface area contributed by atoms with Crippen LogP contribution in [0, 0.1) is 23.7 Å². The smallest absolute Gasteiger partial charge is 0.226 e.